The number of halogens is 1. The van der Waals surface area contributed by atoms with Crippen molar-refractivity contribution in [1.29, 1.82) is 0 Å². The molecule has 2 aromatic heterocycles. The molecule has 4 aromatic rings. The number of fused-ring (bicyclic) bond motifs is 1. The molecule has 2 heterocycles. The fourth-order valence-corrected chi connectivity index (χ4v) is 4.89. The van der Waals surface area contributed by atoms with Gasteiger partial charge in [-0.1, -0.05) is 0 Å². The summed E-state index contributed by atoms with van der Waals surface area (Å²) in [5.74, 6) is 0. The van der Waals surface area contributed by atoms with Crippen molar-refractivity contribution >= 4 is 45.6 Å². The third-order valence-corrected chi connectivity index (χ3v) is 6.38. The molecule has 112 valence electrons. The molecule has 0 aliphatic rings. The molecule has 0 N–H and O–H groups in total. The number of pyridine rings is 1. The van der Waals surface area contributed by atoms with Gasteiger partial charge < -0.3 is 0 Å². The van der Waals surface area contributed by atoms with E-state index in [1.54, 1.807) is 0 Å². The van der Waals surface area contributed by atoms with Crippen molar-refractivity contribution in [3.63, 3.8) is 0 Å². The van der Waals surface area contributed by atoms with E-state index in [9.17, 15) is 0 Å². The number of benzene rings is 2. The van der Waals surface area contributed by atoms with Crippen LogP contribution in [-0.2, 0) is 0 Å². The van der Waals surface area contributed by atoms with Gasteiger partial charge in [-0.3, -0.25) is 0 Å². The quantitative estimate of drug-likeness (QED) is 0.458. The van der Waals surface area contributed by atoms with E-state index in [4.69, 9.17) is 4.98 Å². The Morgan fingerprint density at radius 1 is 0.826 bits per heavy atom. The molecule has 2 nitrogen and oxygen atoms in total. The molecule has 0 saturated carbocycles. The van der Waals surface area contributed by atoms with Crippen LogP contribution >= 0.6 is 15.9 Å². The zero-order valence-corrected chi connectivity index (χ0v) is 15.5. The summed E-state index contributed by atoms with van der Waals surface area (Å²) < 4.78 is 5.93. The Kier molecular flexibility index (Phi) is 4.04. The van der Waals surface area contributed by atoms with Crippen molar-refractivity contribution in [1.82, 2.24) is 9.38 Å². The van der Waals surface area contributed by atoms with Gasteiger partial charge in [0.15, 0.2) is 0 Å². The van der Waals surface area contributed by atoms with E-state index in [1.165, 1.54) is 9.05 Å². The first kappa shape index (κ1) is 14.7. The fraction of sp³-hybridized carbons (Fsp3) is 0. The maximum absolute atomic E-state index is 4.87. The summed E-state index contributed by atoms with van der Waals surface area (Å²) in [7, 11) is 0. The van der Waals surface area contributed by atoms with E-state index in [2.05, 4.69) is 93.3 Å². The molecule has 4 heteroatoms. The number of imidazole rings is 1. The first-order chi connectivity index (χ1) is 11.3. The average molecular weight is 428 g/mol. The predicted molar refractivity (Wildman–Crippen MR) is 99.8 cm³/mol. The van der Waals surface area contributed by atoms with Crippen molar-refractivity contribution in [2.75, 3.05) is 0 Å². The van der Waals surface area contributed by atoms with Crippen molar-refractivity contribution in [2.45, 2.75) is 0 Å². The van der Waals surface area contributed by atoms with Crippen LogP contribution in [0, 0.1) is 0 Å². The molecule has 0 fully saturated rings. The van der Waals surface area contributed by atoms with E-state index in [0.717, 1.165) is 21.4 Å². The maximum atomic E-state index is 4.87. The van der Waals surface area contributed by atoms with Crippen LogP contribution in [-0.4, -0.2) is 24.3 Å². The summed E-state index contributed by atoms with van der Waals surface area (Å²) in [5.41, 5.74) is 3.23. The molecule has 4 rings (SSSR count). The van der Waals surface area contributed by atoms with E-state index in [-0.39, 0.29) is 15.0 Å². The van der Waals surface area contributed by atoms with Crippen molar-refractivity contribution < 1.29 is 0 Å². The van der Waals surface area contributed by atoms with E-state index < -0.39 is 0 Å². The predicted octanol–water partition coefficient (Wildman–Crippen LogP) is 3.42. The molecule has 0 atom stereocenters. The topological polar surface area (TPSA) is 17.3 Å². The van der Waals surface area contributed by atoms with E-state index in [1.807, 2.05) is 6.07 Å². The van der Waals surface area contributed by atoms with Crippen LogP contribution in [0.25, 0.3) is 16.9 Å². The number of hydrogen-bond donors (Lipinski definition) is 0. The Morgan fingerprint density at radius 3 is 2.35 bits per heavy atom. The monoisotopic (exact) mass is 428 g/mol. The van der Waals surface area contributed by atoms with Crippen LogP contribution < -0.4 is 9.05 Å². The Balaban J connectivity index is 1.89. The Bertz CT molecular complexity index is 946. The summed E-state index contributed by atoms with van der Waals surface area (Å²) in [6, 6.07) is 25.2. The summed E-state index contributed by atoms with van der Waals surface area (Å²) in [4.78, 5) is 4.87. The van der Waals surface area contributed by atoms with Gasteiger partial charge in [0.25, 0.3) is 0 Å². The second kappa shape index (κ2) is 6.32. The molecule has 0 aliphatic heterocycles. The molecule has 0 bridgehead atoms. The van der Waals surface area contributed by atoms with Gasteiger partial charge in [0, 0.05) is 0 Å². The Hall–Kier alpha value is -1.87. The zero-order chi connectivity index (χ0) is 15.6. The van der Waals surface area contributed by atoms with Gasteiger partial charge >= 0.3 is 150 Å². The molecule has 0 radical (unpaired) electrons. The van der Waals surface area contributed by atoms with Crippen molar-refractivity contribution in [3.8, 4) is 11.3 Å². The second-order valence-corrected chi connectivity index (χ2v) is 8.26. The van der Waals surface area contributed by atoms with Crippen molar-refractivity contribution in [2.24, 2.45) is 0 Å². The number of hydrogen-bond acceptors (Lipinski definition) is 1. The Morgan fingerprint density at radius 2 is 1.57 bits per heavy atom. The van der Waals surface area contributed by atoms with Crippen molar-refractivity contribution in [3.05, 3.63) is 83.5 Å². The molecular weight excluding hydrogens is 415 g/mol. The molecule has 0 saturated heterocycles. The van der Waals surface area contributed by atoms with Gasteiger partial charge in [0.1, 0.15) is 0 Å². The van der Waals surface area contributed by atoms with Gasteiger partial charge in [-0.05, 0) is 0 Å². The SMILES string of the molecule is Brc1ccc(-c2nc3ccccn3c2[Se]c2ccccc2)cc1. The van der Waals surface area contributed by atoms with Crippen LogP contribution in [0.15, 0.2) is 83.5 Å². The van der Waals surface area contributed by atoms with Crippen LogP contribution in [0.1, 0.15) is 0 Å². The average Bonchev–Trinajstić information content (AvgIpc) is 2.95. The minimum atomic E-state index is 0.199. The summed E-state index contributed by atoms with van der Waals surface area (Å²) in [6.45, 7) is 0. The molecule has 0 unspecified atom stereocenters. The first-order valence-corrected chi connectivity index (χ1v) is 9.78. The van der Waals surface area contributed by atoms with Crippen LogP contribution in [0.4, 0.5) is 0 Å². The normalized spacial score (nSPS) is 11.0. The summed E-state index contributed by atoms with van der Waals surface area (Å²) in [5, 5.41) is 0. The van der Waals surface area contributed by atoms with Crippen LogP contribution in [0.5, 0.6) is 0 Å². The third-order valence-electron chi connectivity index (χ3n) is 3.56. The van der Waals surface area contributed by atoms with Gasteiger partial charge in [-0.25, -0.2) is 0 Å². The second-order valence-electron chi connectivity index (χ2n) is 5.12. The van der Waals surface area contributed by atoms with E-state index in [0.29, 0.717) is 0 Å². The number of rotatable bonds is 3. The third kappa shape index (κ3) is 2.98. The Labute approximate surface area is 149 Å². The van der Waals surface area contributed by atoms with Gasteiger partial charge in [0.05, 0.1) is 0 Å². The van der Waals surface area contributed by atoms with Crippen LogP contribution in [0.2, 0.25) is 0 Å². The van der Waals surface area contributed by atoms with Gasteiger partial charge in [0.2, 0.25) is 0 Å². The summed E-state index contributed by atoms with van der Waals surface area (Å²) >= 11 is 3.70. The molecule has 0 spiro atoms. The van der Waals surface area contributed by atoms with Gasteiger partial charge in [-0.15, -0.1) is 0 Å². The standard InChI is InChI=1S/C19H13BrN2Se/c20-15-11-9-14(10-12-15)18-19(23-16-6-2-1-3-7-16)22-13-5-4-8-17(22)21-18/h1-13H. The minimum absolute atomic E-state index is 0.199. The molecule has 23 heavy (non-hydrogen) atoms. The number of aromatic nitrogens is 2. The molecular formula is C19H13BrN2Se. The van der Waals surface area contributed by atoms with Crippen LogP contribution in [0.3, 0.4) is 0 Å². The number of nitrogens with zero attached hydrogens (tertiary/aromatic N) is 2. The van der Waals surface area contributed by atoms with Gasteiger partial charge in [-0.2, -0.15) is 0 Å². The fourth-order valence-electron chi connectivity index (χ4n) is 2.47. The summed E-state index contributed by atoms with van der Waals surface area (Å²) in [6.07, 6.45) is 2.10. The molecule has 2 aromatic carbocycles. The molecule has 0 amide bonds. The van der Waals surface area contributed by atoms with E-state index >= 15 is 0 Å². The molecule has 0 aliphatic carbocycles. The first-order valence-electron chi connectivity index (χ1n) is 7.27. The zero-order valence-electron chi connectivity index (χ0n) is 12.2.